The lowest BCUT2D eigenvalue weighted by Gasteiger charge is -2.05. The summed E-state index contributed by atoms with van der Waals surface area (Å²) < 4.78 is 5.66. The highest BCUT2D eigenvalue weighted by molar-refractivity contribution is 5.33. The molecular formula is C17H22O3. The lowest BCUT2D eigenvalue weighted by atomic mass is 10.2. The minimum Gasteiger partial charge on any atom is -0.457 e. The fourth-order valence-electron chi connectivity index (χ4n) is 1.53. The maximum absolute atomic E-state index is 8.09. The summed E-state index contributed by atoms with van der Waals surface area (Å²) >= 11 is 0. The van der Waals surface area contributed by atoms with E-state index in [1.807, 2.05) is 48.5 Å². The molecular weight excluding hydrogens is 252 g/mol. The Kier molecular flexibility index (Phi) is 8.11. The third kappa shape index (κ3) is 6.92. The molecule has 0 spiro atoms. The lowest BCUT2D eigenvalue weighted by Crippen LogP contribution is -1.85. The van der Waals surface area contributed by atoms with Crippen LogP contribution in [-0.2, 0) is 0 Å². The van der Waals surface area contributed by atoms with Crippen molar-refractivity contribution in [3.8, 4) is 11.5 Å². The highest BCUT2D eigenvalue weighted by atomic mass is 16.5. The van der Waals surface area contributed by atoms with Crippen molar-refractivity contribution in [2.24, 2.45) is 0 Å². The monoisotopic (exact) mass is 274 g/mol. The van der Waals surface area contributed by atoms with E-state index in [9.17, 15) is 0 Å². The first kappa shape index (κ1) is 16.2. The van der Waals surface area contributed by atoms with Crippen molar-refractivity contribution in [2.75, 3.05) is 13.2 Å². The van der Waals surface area contributed by atoms with Crippen LogP contribution in [0.25, 0.3) is 0 Å². The molecule has 2 N–H and O–H groups in total. The molecule has 0 bridgehead atoms. The molecule has 3 nitrogen and oxygen atoms in total. The molecule has 3 heteroatoms. The summed E-state index contributed by atoms with van der Waals surface area (Å²) in [5, 5.41) is 16.2. The zero-order valence-corrected chi connectivity index (χ0v) is 11.8. The summed E-state index contributed by atoms with van der Waals surface area (Å²) in [5.74, 6) is 1.76. The number of aryl methyl sites for hydroxylation is 1. The zero-order chi connectivity index (χ0) is 14.6. The van der Waals surface area contributed by atoms with Gasteiger partial charge < -0.3 is 14.9 Å². The van der Waals surface area contributed by atoms with Crippen LogP contribution in [0.5, 0.6) is 11.5 Å². The maximum Gasteiger partial charge on any atom is 0.127 e. The SMILES string of the molecule is Cc1cccc(Oc2ccccc2)c1.OCCCCO. The van der Waals surface area contributed by atoms with E-state index >= 15 is 0 Å². The smallest absolute Gasteiger partial charge is 0.127 e. The van der Waals surface area contributed by atoms with Crippen LogP contribution in [0.2, 0.25) is 0 Å². The van der Waals surface area contributed by atoms with Gasteiger partial charge in [-0.2, -0.15) is 0 Å². The van der Waals surface area contributed by atoms with Gasteiger partial charge in [0.15, 0.2) is 0 Å². The normalized spacial score (nSPS) is 9.55. The van der Waals surface area contributed by atoms with Crippen molar-refractivity contribution in [3.63, 3.8) is 0 Å². The molecule has 2 aromatic rings. The number of ether oxygens (including phenoxy) is 1. The molecule has 0 amide bonds. The number of unbranched alkanes of at least 4 members (excludes halogenated alkanes) is 1. The molecule has 0 aromatic heterocycles. The highest BCUT2D eigenvalue weighted by Gasteiger charge is 1.95. The fourth-order valence-corrected chi connectivity index (χ4v) is 1.53. The lowest BCUT2D eigenvalue weighted by molar-refractivity contribution is 0.242. The number of aliphatic hydroxyl groups is 2. The first-order valence-electron chi connectivity index (χ1n) is 6.77. The van der Waals surface area contributed by atoms with E-state index in [-0.39, 0.29) is 13.2 Å². The molecule has 0 aliphatic rings. The van der Waals surface area contributed by atoms with Crippen molar-refractivity contribution >= 4 is 0 Å². The zero-order valence-electron chi connectivity index (χ0n) is 11.8. The Morgan fingerprint density at radius 2 is 1.40 bits per heavy atom. The molecule has 0 unspecified atom stereocenters. The number of para-hydroxylation sites is 1. The van der Waals surface area contributed by atoms with E-state index in [0.717, 1.165) is 24.3 Å². The Hall–Kier alpha value is -1.84. The molecule has 0 aliphatic heterocycles. The molecule has 0 aliphatic carbocycles. The van der Waals surface area contributed by atoms with Gasteiger partial charge in [0.2, 0.25) is 0 Å². The van der Waals surface area contributed by atoms with Crippen LogP contribution in [0, 0.1) is 6.92 Å². The Morgan fingerprint density at radius 1 is 0.800 bits per heavy atom. The average Bonchev–Trinajstić information content (AvgIpc) is 2.47. The third-order valence-corrected chi connectivity index (χ3v) is 2.53. The first-order chi connectivity index (χ1) is 9.76. The maximum atomic E-state index is 8.09. The highest BCUT2D eigenvalue weighted by Crippen LogP contribution is 2.21. The second kappa shape index (κ2) is 10.0. The molecule has 0 atom stereocenters. The van der Waals surface area contributed by atoms with Crippen LogP contribution in [0.4, 0.5) is 0 Å². The van der Waals surface area contributed by atoms with Gasteiger partial charge in [-0.15, -0.1) is 0 Å². The quantitative estimate of drug-likeness (QED) is 0.820. The Balaban J connectivity index is 0.000000286. The summed E-state index contributed by atoms with van der Waals surface area (Å²) in [4.78, 5) is 0. The van der Waals surface area contributed by atoms with Crippen LogP contribution in [0.15, 0.2) is 54.6 Å². The molecule has 0 fully saturated rings. The van der Waals surface area contributed by atoms with Gasteiger partial charge in [0.1, 0.15) is 11.5 Å². The third-order valence-electron chi connectivity index (χ3n) is 2.53. The van der Waals surface area contributed by atoms with E-state index in [1.165, 1.54) is 5.56 Å². The van der Waals surface area contributed by atoms with Gasteiger partial charge in [-0.1, -0.05) is 30.3 Å². The molecule has 0 saturated heterocycles. The first-order valence-corrected chi connectivity index (χ1v) is 6.77. The van der Waals surface area contributed by atoms with Crippen LogP contribution in [0.1, 0.15) is 18.4 Å². The van der Waals surface area contributed by atoms with Crippen molar-refractivity contribution in [2.45, 2.75) is 19.8 Å². The molecule has 0 saturated carbocycles. The Morgan fingerprint density at radius 3 is 1.95 bits per heavy atom. The van der Waals surface area contributed by atoms with Crippen LogP contribution < -0.4 is 4.74 Å². The van der Waals surface area contributed by atoms with E-state index < -0.39 is 0 Å². The minimum absolute atomic E-state index is 0.195. The van der Waals surface area contributed by atoms with E-state index in [1.54, 1.807) is 0 Å². The second-order valence-electron chi connectivity index (χ2n) is 4.39. The van der Waals surface area contributed by atoms with Crippen molar-refractivity contribution in [1.82, 2.24) is 0 Å². The molecule has 0 heterocycles. The number of hydrogen-bond acceptors (Lipinski definition) is 3. The summed E-state index contributed by atoms with van der Waals surface area (Å²) in [6.45, 7) is 2.44. The van der Waals surface area contributed by atoms with E-state index in [0.29, 0.717) is 0 Å². The van der Waals surface area contributed by atoms with Crippen molar-refractivity contribution < 1.29 is 14.9 Å². The van der Waals surface area contributed by atoms with Crippen molar-refractivity contribution in [1.29, 1.82) is 0 Å². The number of benzene rings is 2. The fraction of sp³-hybridized carbons (Fsp3) is 0.294. The van der Waals surface area contributed by atoms with E-state index in [4.69, 9.17) is 14.9 Å². The topological polar surface area (TPSA) is 49.7 Å². The molecule has 2 rings (SSSR count). The number of rotatable bonds is 5. The van der Waals surface area contributed by atoms with Gasteiger partial charge in [0, 0.05) is 13.2 Å². The number of aliphatic hydroxyl groups excluding tert-OH is 2. The molecule has 108 valence electrons. The predicted octanol–water partition coefficient (Wildman–Crippen LogP) is 3.54. The van der Waals surface area contributed by atoms with Gasteiger partial charge in [-0.05, 0) is 49.6 Å². The number of hydrogen-bond donors (Lipinski definition) is 2. The second-order valence-corrected chi connectivity index (χ2v) is 4.39. The predicted molar refractivity (Wildman–Crippen MR) is 81.1 cm³/mol. The van der Waals surface area contributed by atoms with Crippen LogP contribution in [0.3, 0.4) is 0 Å². The van der Waals surface area contributed by atoms with Gasteiger partial charge in [-0.25, -0.2) is 0 Å². The largest absolute Gasteiger partial charge is 0.457 e. The molecule has 2 aromatic carbocycles. The van der Waals surface area contributed by atoms with Gasteiger partial charge >= 0.3 is 0 Å². The standard InChI is InChI=1S/C13H12O.C4H10O2/c1-11-6-5-9-13(10-11)14-12-7-3-2-4-8-12;5-3-1-2-4-6/h2-10H,1H3;5-6H,1-4H2. The summed E-state index contributed by atoms with van der Waals surface area (Å²) in [6.07, 6.45) is 1.44. The average molecular weight is 274 g/mol. The van der Waals surface area contributed by atoms with Gasteiger partial charge in [0.05, 0.1) is 0 Å². The van der Waals surface area contributed by atoms with Gasteiger partial charge in [-0.3, -0.25) is 0 Å². The Labute approximate surface area is 120 Å². The van der Waals surface area contributed by atoms with Crippen molar-refractivity contribution in [3.05, 3.63) is 60.2 Å². The molecule has 20 heavy (non-hydrogen) atoms. The summed E-state index contributed by atoms with van der Waals surface area (Å²) in [6, 6.07) is 17.8. The minimum atomic E-state index is 0.195. The summed E-state index contributed by atoms with van der Waals surface area (Å²) in [5.41, 5.74) is 1.21. The van der Waals surface area contributed by atoms with Crippen LogP contribution >= 0.6 is 0 Å². The van der Waals surface area contributed by atoms with E-state index in [2.05, 4.69) is 13.0 Å². The Bertz CT molecular complexity index is 465. The molecule has 0 radical (unpaired) electrons. The summed E-state index contributed by atoms with van der Waals surface area (Å²) in [7, 11) is 0. The van der Waals surface area contributed by atoms with Crippen LogP contribution in [-0.4, -0.2) is 23.4 Å². The van der Waals surface area contributed by atoms with Gasteiger partial charge in [0.25, 0.3) is 0 Å².